The van der Waals surface area contributed by atoms with Crippen LogP contribution in [0.15, 0.2) is 36.6 Å². The van der Waals surface area contributed by atoms with E-state index >= 15 is 0 Å². The van der Waals surface area contributed by atoms with Crippen LogP contribution in [0.4, 0.5) is 0 Å². The lowest BCUT2D eigenvalue weighted by molar-refractivity contribution is -0.141. The average molecular weight is 232 g/mol. The van der Waals surface area contributed by atoms with Crippen molar-refractivity contribution in [3.63, 3.8) is 0 Å². The second kappa shape index (κ2) is 4.01. The van der Waals surface area contributed by atoms with Gasteiger partial charge in [-0.15, -0.1) is 0 Å². The molecular weight excluding hydrogens is 220 g/mol. The molecule has 5 nitrogen and oxygen atoms in total. The first kappa shape index (κ1) is 11.3. The summed E-state index contributed by atoms with van der Waals surface area (Å²) in [5, 5.41) is 2.22. The average Bonchev–Trinajstić information content (AvgIpc) is 2.55. The first-order valence-electron chi connectivity index (χ1n) is 5.25. The van der Waals surface area contributed by atoms with Gasteiger partial charge in [-0.25, -0.2) is 0 Å². The Bertz CT molecular complexity index is 476. The Morgan fingerprint density at radius 1 is 1.41 bits per heavy atom. The van der Waals surface area contributed by atoms with Gasteiger partial charge in [0.1, 0.15) is 6.04 Å². The summed E-state index contributed by atoms with van der Waals surface area (Å²) in [4.78, 5) is 35.9. The molecule has 2 heterocycles. The van der Waals surface area contributed by atoms with Crippen LogP contribution < -0.4 is 5.32 Å². The molecule has 5 heteroatoms. The van der Waals surface area contributed by atoms with Crippen LogP contribution in [0.1, 0.15) is 12.8 Å². The first-order valence-corrected chi connectivity index (χ1v) is 5.25. The van der Waals surface area contributed by atoms with Crippen molar-refractivity contribution >= 4 is 17.7 Å². The molecular formula is C12H12N2O3. The van der Waals surface area contributed by atoms with Gasteiger partial charge in [0.2, 0.25) is 11.8 Å². The molecule has 0 spiro atoms. The minimum absolute atomic E-state index is 0.233. The van der Waals surface area contributed by atoms with Gasteiger partial charge >= 0.3 is 0 Å². The Hall–Kier alpha value is -2.17. The minimum Gasteiger partial charge on any atom is -0.296 e. The van der Waals surface area contributed by atoms with E-state index in [-0.39, 0.29) is 18.2 Å². The van der Waals surface area contributed by atoms with Gasteiger partial charge in [-0.1, -0.05) is 19.2 Å². The lowest BCUT2D eigenvalue weighted by atomic mass is 10.0. The third-order valence-corrected chi connectivity index (χ3v) is 2.84. The highest BCUT2D eigenvalue weighted by Crippen LogP contribution is 2.26. The van der Waals surface area contributed by atoms with Crippen LogP contribution in [-0.4, -0.2) is 28.7 Å². The predicted molar refractivity (Wildman–Crippen MR) is 60.4 cm³/mol. The molecule has 88 valence electrons. The number of carbonyl (C=O) groups excluding carboxylic acids is 3. The Balaban J connectivity index is 2.22. The van der Waals surface area contributed by atoms with Gasteiger partial charge in [0.15, 0.2) is 0 Å². The topological polar surface area (TPSA) is 66.5 Å². The smallest absolute Gasteiger partial charge is 0.259 e. The fourth-order valence-electron chi connectivity index (χ4n) is 2.00. The number of nitrogens with one attached hydrogen (secondary N) is 1. The second-order valence-electron chi connectivity index (χ2n) is 3.94. The number of hydrogen-bond acceptors (Lipinski definition) is 3. The van der Waals surface area contributed by atoms with E-state index in [1.807, 2.05) is 0 Å². The fraction of sp³-hybridized carbons (Fsp3) is 0.250. The number of nitrogens with zero attached hydrogens (tertiary/aromatic N) is 1. The molecule has 0 bridgehead atoms. The molecule has 17 heavy (non-hydrogen) atoms. The molecule has 1 saturated heterocycles. The van der Waals surface area contributed by atoms with Crippen LogP contribution in [0.5, 0.6) is 0 Å². The summed E-state index contributed by atoms with van der Waals surface area (Å²) in [5.74, 6) is -1.05. The standard InChI is InChI=1S/C12H12N2O3/c1-3-8-6-7(2)14(12(8)17)9-4-5-10(15)13-11(9)16/h3,6,9H,1-2,4-5H2,(H,13,15,16). The molecule has 0 aromatic carbocycles. The highest BCUT2D eigenvalue weighted by Gasteiger charge is 2.38. The van der Waals surface area contributed by atoms with Gasteiger partial charge in [-0.05, 0) is 12.5 Å². The van der Waals surface area contributed by atoms with Gasteiger partial charge in [-0.2, -0.15) is 0 Å². The maximum atomic E-state index is 11.9. The molecule has 3 amide bonds. The number of piperidine rings is 1. The van der Waals surface area contributed by atoms with Crippen molar-refractivity contribution < 1.29 is 14.4 Å². The van der Waals surface area contributed by atoms with Crippen molar-refractivity contribution in [3.05, 3.63) is 36.6 Å². The third kappa shape index (κ3) is 1.80. The van der Waals surface area contributed by atoms with E-state index in [0.29, 0.717) is 17.7 Å². The largest absolute Gasteiger partial charge is 0.296 e. The third-order valence-electron chi connectivity index (χ3n) is 2.84. The van der Waals surface area contributed by atoms with E-state index < -0.39 is 11.9 Å². The van der Waals surface area contributed by atoms with Crippen molar-refractivity contribution in [2.75, 3.05) is 0 Å². The fourth-order valence-corrected chi connectivity index (χ4v) is 2.00. The number of allylic oxidation sites excluding steroid dienone is 1. The Kier molecular flexibility index (Phi) is 2.67. The van der Waals surface area contributed by atoms with E-state index in [4.69, 9.17) is 0 Å². The van der Waals surface area contributed by atoms with Crippen LogP contribution in [0.3, 0.4) is 0 Å². The highest BCUT2D eigenvalue weighted by molar-refractivity contribution is 6.06. The lowest BCUT2D eigenvalue weighted by Crippen LogP contribution is -2.52. The summed E-state index contributed by atoms with van der Waals surface area (Å²) in [7, 11) is 0. The van der Waals surface area contributed by atoms with Gasteiger partial charge in [0, 0.05) is 17.7 Å². The van der Waals surface area contributed by atoms with Crippen molar-refractivity contribution in [1.82, 2.24) is 10.2 Å². The molecule has 0 aromatic heterocycles. The van der Waals surface area contributed by atoms with Gasteiger partial charge in [0.05, 0.1) is 0 Å². The maximum absolute atomic E-state index is 11.9. The van der Waals surface area contributed by atoms with Crippen molar-refractivity contribution in [2.24, 2.45) is 0 Å². The molecule has 1 atom stereocenters. The lowest BCUT2D eigenvalue weighted by Gasteiger charge is -2.30. The van der Waals surface area contributed by atoms with Gasteiger partial charge in [0.25, 0.3) is 5.91 Å². The maximum Gasteiger partial charge on any atom is 0.259 e. The Morgan fingerprint density at radius 3 is 2.65 bits per heavy atom. The SMILES string of the molecule is C=CC1=CC(=C)N(C2CCC(=O)NC2=O)C1=O. The van der Waals surface area contributed by atoms with Crippen LogP contribution in [0, 0.1) is 0 Å². The monoisotopic (exact) mass is 232 g/mol. The van der Waals surface area contributed by atoms with Crippen molar-refractivity contribution in [3.8, 4) is 0 Å². The summed E-state index contributed by atoms with van der Waals surface area (Å²) >= 11 is 0. The summed E-state index contributed by atoms with van der Waals surface area (Å²) in [6.07, 6.45) is 3.57. The molecule has 0 aliphatic carbocycles. The van der Waals surface area contributed by atoms with Crippen LogP contribution in [-0.2, 0) is 14.4 Å². The zero-order valence-corrected chi connectivity index (χ0v) is 9.23. The predicted octanol–water partition coefficient (Wildman–Crippen LogP) is 0.260. The van der Waals surface area contributed by atoms with E-state index in [1.54, 1.807) is 6.08 Å². The first-order chi connectivity index (χ1) is 8.04. The molecule has 1 N–H and O–H groups in total. The number of rotatable bonds is 2. The molecule has 0 aromatic rings. The molecule has 0 radical (unpaired) electrons. The highest BCUT2D eigenvalue weighted by atomic mass is 16.2. The zero-order chi connectivity index (χ0) is 12.6. The van der Waals surface area contributed by atoms with Crippen molar-refractivity contribution in [1.29, 1.82) is 0 Å². The van der Waals surface area contributed by atoms with Crippen LogP contribution >= 0.6 is 0 Å². The molecule has 1 unspecified atom stereocenters. The summed E-state index contributed by atoms with van der Waals surface area (Å²) < 4.78 is 0. The van der Waals surface area contributed by atoms with Crippen molar-refractivity contribution in [2.45, 2.75) is 18.9 Å². The van der Waals surface area contributed by atoms with E-state index in [9.17, 15) is 14.4 Å². The van der Waals surface area contributed by atoms with E-state index in [2.05, 4.69) is 18.5 Å². The molecule has 2 rings (SSSR count). The second-order valence-corrected chi connectivity index (χ2v) is 3.94. The number of amides is 3. The number of carbonyl (C=O) groups is 3. The zero-order valence-electron chi connectivity index (χ0n) is 9.23. The van der Waals surface area contributed by atoms with Gasteiger partial charge < -0.3 is 0 Å². The van der Waals surface area contributed by atoms with E-state index in [0.717, 1.165) is 0 Å². The molecule has 2 aliphatic rings. The number of hydrogen-bond donors (Lipinski definition) is 1. The van der Waals surface area contributed by atoms with Crippen LogP contribution in [0.2, 0.25) is 0 Å². The van der Waals surface area contributed by atoms with Crippen LogP contribution in [0.25, 0.3) is 0 Å². The summed E-state index contributed by atoms with van der Waals surface area (Å²) in [6.45, 7) is 7.26. The quantitative estimate of drug-likeness (QED) is 0.694. The molecule has 0 saturated carbocycles. The molecule has 1 fully saturated rings. The Labute approximate surface area is 98.5 Å². The van der Waals surface area contributed by atoms with Gasteiger partial charge in [-0.3, -0.25) is 24.6 Å². The summed E-state index contributed by atoms with van der Waals surface area (Å²) in [5.41, 5.74) is 0.874. The normalized spacial score (nSPS) is 24.8. The van der Waals surface area contributed by atoms with E-state index in [1.165, 1.54) is 11.0 Å². The Morgan fingerprint density at radius 2 is 2.12 bits per heavy atom. The molecule has 2 aliphatic heterocycles. The number of imide groups is 1. The minimum atomic E-state index is -0.651. The summed E-state index contributed by atoms with van der Waals surface area (Å²) in [6, 6.07) is -0.651.